The molecular weight excluding hydrogens is 421 g/mol. The number of hydrogen-bond donors (Lipinski definition) is 2. The van der Waals surface area contributed by atoms with Crippen LogP contribution in [0.5, 0.6) is 0 Å². The van der Waals surface area contributed by atoms with Crippen molar-refractivity contribution in [1.29, 1.82) is 0 Å². The van der Waals surface area contributed by atoms with Gasteiger partial charge in [0.2, 0.25) is 11.2 Å². The molecule has 6 nitrogen and oxygen atoms in total. The van der Waals surface area contributed by atoms with Gasteiger partial charge in [-0.15, -0.1) is 0 Å². The number of para-hydroxylation sites is 1. The minimum Gasteiger partial charge on any atom is -0.340 e. The van der Waals surface area contributed by atoms with Gasteiger partial charge in [0.25, 0.3) is 0 Å². The van der Waals surface area contributed by atoms with Crippen molar-refractivity contribution >= 4 is 57.2 Å². The molecule has 0 saturated heterocycles. The second-order valence-electron chi connectivity index (χ2n) is 6.71. The number of aryl methyl sites for hydroxylation is 1. The molecule has 1 amide bonds. The Morgan fingerprint density at radius 2 is 1.67 bits per heavy atom. The molecule has 0 bridgehead atoms. The van der Waals surface area contributed by atoms with E-state index in [4.69, 9.17) is 23.2 Å². The number of nitrogens with zero attached hydrogens (tertiary/aromatic N) is 3. The Bertz CT molecular complexity index is 1210. The van der Waals surface area contributed by atoms with Crippen molar-refractivity contribution in [2.45, 2.75) is 13.3 Å². The molecule has 0 aliphatic rings. The molecule has 0 atom stereocenters. The van der Waals surface area contributed by atoms with Crippen LogP contribution in [-0.4, -0.2) is 20.9 Å². The number of fused-ring (bicyclic) bond motifs is 1. The van der Waals surface area contributed by atoms with Crippen molar-refractivity contribution in [1.82, 2.24) is 15.0 Å². The minimum absolute atomic E-state index is 0.138. The predicted molar refractivity (Wildman–Crippen MR) is 121 cm³/mol. The highest BCUT2D eigenvalue weighted by atomic mass is 35.5. The minimum atomic E-state index is -0.138. The van der Waals surface area contributed by atoms with Crippen LogP contribution in [0.25, 0.3) is 10.9 Å². The number of aromatic nitrogens is 3. The van der Waals surface area contributed by atoms with Crippen LogP contribution in [0.3, 0.4) is 0 Å². The number of rotatable bonds is 5. The van der Waals surface area contributed by atoms with Gasteiger partial charge in [-0.2, -0.15) is 0 Å². The van der Waals surface area contributed by atoms with E-state index in [2.05, 4.69) is 25.6 Å². The summed E-state index contributed by atoms with van der Waals surface area (Å²) in [6.07, 6.45) is 0.196. The van der Waals surface area contributed by atoms with E-state index in [0.717, 1.165) is 27.8 Å². The summed E-state index contributed by atoms with van der Waals surface area (Å²) in [5.74, 6) is 0.465. The maximum absolute atomic E-state index is 12.6. The molecule has 0 aliphatic heterocycles. The lowest BCUT2D eigenvalue weighted by atomic mass is 10.1. The molecule has 2 aromatic heterocycles. The van der Waals surface area contributed by atoms with Gasteiger partial charge < -0.3 is 10.6 Å². The number of hydrogen-bond acceptors (Lipinski definition) is 5. The van der Waals surface area contributed by atoms with Crippen molar-refractivity contribution < 1.29 is 4.79 Å². The van der Waals surface area contributed by atoms with Crippen LogP contribution >= 0.6 is 23.2 Å². The fourth-order valence-electron chi connectivity index (χ4n) is 3.12. The predicted octanol–water partition coefficient (Wildman–Crippen LogP) is 5.56. The second-order valence-corrected chi connectivity index (χ2v) is 7.44. The molecule has 30 heavy (non-hydrogen) atoms. The van der Waals surface area contributed by atoms with Gasteiger partial charge in [0, 0.05) is 28.5 Å². The van der Waals surface area contributed by atoms with E-state index < -0.39 is 0 Å². The van der Waals surface area contributed by atoms with Crippen LogP contribution in [0.15, 0.2) is 60.7 Å². The van der Waals surface area contributed by atoms with E-state index in [1.165, 1.54) is 0 Å². The van der Waals surface area contributed by atoms with Gasteiger partial charge in [-0.05, 0) is 60.5 Å². The van der Waals surface area contributed by atoms with Gasteiger partial charge in [0.05, 0.1) is 11.9 Å². The van der Waals surface area contributed by atoms with Crippen molar-refractivity contribution in [3.8, 4) is 0 Å². The van der Waals surface area contributed by atoms with Gasteiger partial charge in [-0.1, -0.05) is 29.8 Å². The Hall–Kier alpha value is -3.22. The molecule has 0 unspecified atom stereocenters. The van der Waals surface area contributed by atoms with Gasteiger partial charge in [0.15, 0.2) is 0 Å². The van der Waals surface area contributed by atoms with Crippen LogP contribution in [0.1, 0.15) is 11.3 Å². The topological polar surface area (TPSA) is 79.8 Å². The lowest BCUT2D eigenvalue weighted by Gasteiger charge is -2.10. The number of pyridine rings is 1. The first-order valence-electron chi connectivity index (χ1n) is 9.18. The van der Waals surface area contributed by atoms with Crippen LogP contribution in [-0.2, 0) is 11.2 Å². The fraction of sp³-hybridized carbons (Fsp3) is 0.0909. The Morgan fingerprint density at radius 1 is 0.933 bits per heavy atom. The number of nitrogens with one attached hydrogen (secondary N) is 2. The van der Waals surface area contributed by atoms with Gasteiger partial charge in [-0.3, -0.25) is 4.79 Å². The summed E-state index contributed by atoms with van der Waals surface area (Å²) in [5, 5.41) is 7.53. The highest BCUT2D eigenvalue weighted by Crippen LogP contribution is 2.23. The monoisotopic (exact) mass is 437 g/mol. The maximum Gasteiger partial charge on any atom is 0.228 e. The molecule has 0 saturated carbocycles. The van der Waals surface area contributed by atoms with E-state index in [1.54, 1.807) is 12.1 Å². The first-order valence-corrected chi connectivity index (χ1v) is 9.94. The van der Waals surface area contributed by atoms with E-state index in [-0.39, 0.29) is 17.6 Å². The number of amides is 1. The van der Waals surface area contributed by atoms with E-state index in [9.17, 15) is 4.79 Å². The molecule has 2 aromatic carbocycles. The molecule has 150 valence electrons. The summed E-state index contributed by atoms with van der Waals surface area (Å²) >= 11 is 12.0. The lowest BCUT2D eigenvalue weighted by molar-refractivity contribution is -0.115. The van der Waals surface area contributed by atoms with Gasteiger partial charge in [0.1, 0.15) is 11.0 Å². The molecule has 8 heteroatoms. The van der Waals surface area contributed by atoms with Gasteiger partial charge in [-0.25, -0.2) is 15.0 Å². The average molecular weight is 438 g/mol. The number of anilines is 3. The van der Waals surface area contributed by atoms with Crippen molar-refractivity contribution in [2.24, 2.45) is 0 Å². The summed E-state index contributed by atoms with van der Waals surface area (Å²) < 4.78 is 0. The zero-order valence-electron chi connectivity index (χ0n) is 16.0. The third-order valence-corrected chi connectivity index (χ3v) is 4.75. The van der Waals surface area contributed by atoms with Crippen molar-refractivity contribution in [3.63, 3.8) is 0 Å². The van der Waals surface area contributed by atoms with Crippen molar-refractivity contribution in [2.75, 3.05) is 10.6 Å². The second kappa shape index (κ2) is 8.65. The Labute approximate surface area is 183 Å². The maximum atomic E-state index is 12.6. The molecule has 0 spiro atoms. The van der Waals surface area contributed by atoms with Gasteiger partial charge >= 0.3 is 0 Å². The molecule has 0 radical (unpaired) electrons. The highest BCUT2D eigenvalue weighted by molar-refractivity contribution is 6.30. The summed E-state index contributed by atoms with van der Waals surface area (Å²) in [6, 6.07) is 18.5. The van der Waals surface area contributed by atoms with Crippen molar-refractivity contribution in [3.05, 3.63) is 82.4 Å². The van der Waals surface area contributed by atoms with E-state index in [0.29, 0.717) is 16.7 Å². The first kappa shape index (κ1) is 20.1. The molecule has 2 heterocycles. The number of carbonyl (C=O) groups excluding carboxylic acids is 1. The molecular formula is C22H17Cl2N5O. The average Bonchev–Trinajstić information content (AvgIpc) is 2.68. The quantitative estimate of drug-likeness (QED) is 0.315. The summed E-state index contributed by atoms with van der Waals surface area (Å²) in [7, 11) is 0. The van der Waals surface area contributed by atoms with Crippen LogP contribution in [0.2, 0.25) is 10.4 Å². The Balaban J connectivity index is 1.44. The highest BCUT2D eigenvalue weighted by Gasteiger charge is 2.10. The van der Waals surface area contributed by atoms with Crippen LogP contribution < -0.4 is 10.6 Å². The van der Waals surface area contributed by atoms with Crippen LogP contribution in [0.4, 0.5) is 17.2 Å². The summed E-state index contributed by atoms with van der Waals surface area (Å²) in [5.41, 5.74) is 3.87. The third kappa shape index (κ3) is 4.84. The van der Waals surface area contributed by atoms with E-state index >= 15 is 0 Å². The molecule has 4 aromatic rings. The standard InChI is InChI=1S/C22H17Cl2N5O/c1-13-10-20(29-22(24)25-13)26-15-6-8-16(9-7-15)27-21(30)12-14-11-19(23)28-18-5-3-2-4-17(14)18/h2-11H,12H2,1H3,(H,27,30)(H,25,26,29). The number of benzene rings is 2. The molecule has 4 rings (SSSR count). The molecule has 0 aliphatic carbocycles. The number of halogens is 2. The number of carbonyl (C=O) groups is 1. The largest absolute Gasteiger partial charge is 0.340 e. The fourth-order valence-corrected chi connectivity index (χ4v) is 3.56. The van der Waals surface area contributed by atoms with E-state index in [1.807, 2.05) is 55.5 Å². The molecule has 2 N–H and O–H groups in total. The zero-order chi connectivity index (χ0) is 21.1. The summed E-state index contributed by atoms with van der Waals surface area (Å²) in [6.45, 7) is 1.84. The Morgan fingerprint density at radius 3 is 2.43 bits per heavy atom. The Kier molecular flexibility index (Phi) is 5.79. The first-order chi connectivity index (χ1) is 14.5. The SMILES string of the molecule is Cc1cc(Nc2ccc(NC(=O)Cc3cc(Cl)nc4ccccc34)cc2)nc(Cl)n1. The summed E-state index contributed by atoms with van der Waals surface area (Å²) in [4.78, 5) is 25.0. The normalized spacial score (nSPS) is 10.8. The zero-order valence-corrected chi connectivity index (χ0v) is 17.5. The molecule has 0 fully saturated rings. The third-order valence-electron chi connectivity index (χ3n) is 4.39. The van der Waals surface area contributed by atoms with Crippen LogP contribution in [0, 0.1) is 6.92 Å². The lowest BCUT2D eigenvalue weighted by Crippen LogP contribution is -2.14. The smallest absolute Gasteiger partial charge is 0.228 e.